The summed E-state index contributed by atoms with van der Waals surface area (Å²) in [5.74, 6) is 2.10. The van der Waals surface area contributed by atoms with Gasteiger partial charge in [0.05, 0.1) is 6.54 Å². The van der Waals surface area contributed by atoms with Gasteiger partial charge in [0, 0.05) is 26.1 Å². The molecule has 0 spiro atoms. The van der Waals surface area contributed by atoms with E-state index in [1.165, 1.54) is 38.5 Å². The zero-order valence-electron chi connectivity index (χ0n) is 13.7. The lowest BCUT2D eigenvalue weighted by Crippen LogP contribution is -2.43. The maximum Gasteiger partial charge on any atom is 0.220 e. The zero-order valence-corrected chi connectivity index (χ0v) is 16.1. The summed E-state index contributed by atoms with van der Waals surface area (Å²) in [5, 5.41) is 2.96. The minimum Gasteiger partial charge on any atom is -0.370 e. The van der Waals surface area contributed by atoms with Gasteiger partial charge >= 0.3 is 0 Å². The average Bonchev–Trinajstić information content (AvgIpc) is 2.96. The number of amides is 1. The van der Waals surface area contributed by atoms with Crippen molar-refractivity contribution in [2.24, 2.45) is 22.6 Å². The maximum atomic E-state index is 11.8. The van der Waals surface area contributed by atoms with Crippen molar-refractivity contribution < 1.29 is 4.79 Å². The van der Waals surface area contributed by atoms with E-state index in [0.29, 0.717) is 37.3 Å². The molecule has 1 aliphatic heterocycles. The number of carbonyl (C=O) groups excluding carboxylic acids is 1. The molecule has 5 nitrogen and oxygen atoms in total. The van der Waals surface area contributed by atoms with E-state index in [1.807, 2.05) is 0 Å². The molecule has 0 aromatic heterocycles. The average molecular weight is 422 g/mol. The molecule has 0 aromatic rings. The molecule has 0 bridgehead atoms. The van der Waals surface area contributed by atoms with Gasteiger partial charge in [-0.15, -0.1) is 24.0 Å². The third-order valence-corrected chi connectivity index (χ3v) is 4.64. The Kier molecular flexibility index (Phi) is 9.12. The molecule has 1 amide bonds. The minimum atomic E-state index is 0. The largest absolute Gasteiger partial charge is 0.370 e. The Morgan fingerprint density at radius 3 is 2.68 bits per heavy atom. The van der Waals surface area contributed by atoms with E-state index in [0.717, 1.165) is 13.1 Å². The standard InChI is InChI=1S/C16H30N4O.HI/c1-13-5-4-10-20(12-13)16(17)19-9-8-18-15(21)11-14-6-2-3-7-14;/h13-14H,2-12H2,1H3,(H2,17,19)(H,18,21);1H. The van der Waals surface area contributed by atoms with Crippen molar-refractivity contribution in [3.8, 4) is 0 Å². The highest BCUT2D eigenvalue weighted by molar-refractivity contribution is 14.0. The molecule has 2 fully saturated rings. The molecule has 128 valence electrons. The van der Waals surface area contributed by atoms with Crippen LogP contribution in [0.5, 0.6) is 0 Å². The number of halogens is 1. The lowest BCUT2D eigenvalue weighted by Gasteiger charge is -2.31. The van der Waals surface area contributed by atoms with Crippen LogP contribution < -0.4 is 11.1 Å². The fourth-order valence-corrected chi connectivity index (χ4v) is 3.41. The quantitative estimate of drug-likeness (QED) is 0.309. The topological polar surface area (TPSA) is 70.7 Å². The zero-order chi connectivity index (χ0) is 15.1. The third-order valence-electron chi connectivity index (χ3n) is 4.64. The number of nitrogens with two attached hydrogens (primary N) is 1. The van der Waals surface area contributed by atoms with Crippen LogP contribution in [0.3, 0.4) is 0 Å². The molecule has 6 heteroatoms. The fourth-order valence-electron chi connectivity index (χ4n) is 3.41. The maximum absolute atomic E-state index is 11.8. The summed E-state index contributed by atoms with van der Waals surface area (Å²) in [7, 11) is 0. The SMILES string of the molecule is CC1CCCN(C(N)=NCCNC(=O)CC2CCCC2)C1.I. The first-order valence-electron chi connectivity index (χ1n) is 8.46. The summed E-state index contributed by atoms with van der Waals surface area (Å²) in [5.41, 5.74) is 6.02. The van der Waals surface area contributed by atoms with Crippen LogP contribution in [0.1, 0.15) is 51.9 Å². The van der Waals surface area contributed by atoms with Crippen molar-refractivity contribution in [3.05, 3.63) is 0 Å². The molecule has 0 aromatic carbocycles. The molecule has 2 rings (SSSR count). The number of carbonyl (C=O) groups is 1. The molecule has 1 saturated carbocycles. The first-order valence-corrected chi connectivity index (χ1v) is 8.46. The Morgan fingerprint density at radius 1 is 1.27 bits per heavy atom. The van der Waals surface area contributed by atoms with Crippen molar-refractivity contribution in [1.82, 2.24) is 10.2 Å². The van der Waals surface area contributed by atoms with Crippen molar-refractivity contribution in [2.75, 3.05) is 26.2 Å². The van der Waals surface area contributed by atoms with Gasteiger partial charge in [-0.3, -0.25) is 9.79 Å². The van der Waals surface area contributed by atoms with Gasteiger partial charge in [-0.25, -0.2) is 0 Å². The molecular formula is C16H31IN4O. The van der Waals surface area contributed by atoms with Gasteiger partial charge in [-0.1, -0.05) is 19.8 Å². The van der Waals surface area contributed by atoms with Crippen LogP contribution in [-0.4, -0.2) is 42.9 Å². The van der Waals surface area contributed by atoms with Crippen LogP contribution in [0.15, 0.2) is 4.99 Å². The second kappa shape index (κ2) is 10.3. The van der Waals surface area contributed by atoms with Gasteiger partial charge < -0.3 is 16.0 Å². The summed E-state index contributed by atoms with van der Waals surface area (Å²) >= 11 is 0. The number of piperidine rings is 1. The summed E-state index contributed by atoms with van der Waals surface area (Å²) in [6, 6.07) is 0. The van der Waals surface area contributed by atoms with Crippen LogP contribution in [0, 0.1) is 11.8 Å². The second-order valence-corrected chi connectivity index (χ2v) is 6.64. The van der Waals surface area contributed by atoms with Gasteiger partial charge in [-0.05, 0) is 37.5 Å². The Hall–Kier alpha value is -0.530. The lowest BCUT2D eigenvalue weighted by atomic mass is 10.0. The predicted molar refractivity (Wildman–Crippen MR) is 101 cm³/mol. The number of aliphatic imine (C=N–C) groups is 1. The molecule has 1 aliphatic carbocycles. The van der Waals surface area contributed by atoms with Crippen LogP contribution in [-0.2, 0) is 4.79 Å². The molecule has 3 N–H and O–H groups in total. The highest BCUT2D eigenvalue weighted by atomic mass is 127. The number of guanidine groups is 1. The number of hydrogen-bond donors (Lipinski definition) is 2. The Labute approximate surface area is 151 Å². The number of nitrogens with one attached hydrogen (secondary N) is 1. The van der Waals surface area contributed by atoms with E-state index in [9.17, 15) is 4.79 Å². The van der Waals surface area contributed by atoms with Crippen molar-refractivity contribution in [2.45, 2.75) is 51.9 Å². The van der Waals surface area contributed by atoms with E-state index < -0.39 is 0 Å². The molecule has 22 heavy (non-hydrogen) atoms. The highest BCUT2D eigenvalue weighted by Gasteiger charge is 2.18. The Morgan fingerprint density at radius 2 is 2.00 bits per heavy atom. The third kappa shape index (κ3) is 6.71. The first kappa shape index (κ1) is 19.5. The molecule has 1 saturated heterocycles. The monoisotopic (exact) mass is 422 g/mol. The van der Waals surface area contributed by atoms with Gasteiger partial charge in [0.2, 0.25) is 5.91 Å². The number of rotatable bonds is 5. The first-order chi connectivity index (χ1) is 10.1. The van der Waals surface area contributed by atoms with Crippen LogP contribution in [0.4, 0.5) is 0 Å². The van der Waals surface area contributed by atoms with Crippen molar-refractivity contribution in [3.63, 3.8) is 0 Å². The van der Waals surface area contributed by atoms with Gasteiger partial charge in [-0.2, -0.15) is 0 Å². The molecule has 1 heterocycles. The van der Waals surface area contributed by atoms with Crippen LogP contribution in [0.25, 0.3) is 0 Å². The van der Waals surface area contributed by atoms with Gasteiger partial charge in [0.15, 0.2) is 5.96 Å². The predicted octanol–water partition coefficient (Wildman–Crippen LogP) is 2.35. The van der Waals surface area contributed by atoms with E-state index in [2.05, 4.69) is 22.1 Å². The van der Waals surface area contributed by atoms with Crippen molar-refractivity contribution >= 4 is 35.8 Å². The Bertz CT molecular complexity index is 369. The van der Waals surface area contributed by atoms with E-state index in [-0.39, 0.29) is 29.9 Å². The molecule has 2 aliphatic rings. The Balaban J connectivity index is 0.00000242. The molecule has 0 radical (unpaired) electrons. The van der Waals surface area contributed by atoms with E-state index >= 15 is 0 Å². The lowest BCUT2D eigenvalue weighted by molar-refractivity contribution is -0.121. The normalized spacial score (nSPS) is 23.2. The second-order valence-electron chi connectivity index (χ2n) is 6.64. The summed E-state index contributed by atoms with van der Waals surface area (Å²) in [6.07, 6.45) is 8.15. The van der Waals surface area contributed by atoms with E-state index in [1.54, 1.807) is 0 Å². The highest BCUT2D eigenvalue weighted by Crippen LogP contribution is 2.27. The van der Waals surface area contributed by atoms with Crippen LogP contribution >= 0.6 is 24.0 Å². The summed E-state index contributed by atoms with van der Waals surface area (Å²) < 4.78 is 0. The number of hydrogen-bond acceptors (Lipinski definition) is 2. The molecule has 1 unspecified atom stereocenters. The molecule has 1 atom stereocenters. The van der Waals surface area contributed by atoms with Gasteiger partial charge in [0.1, 0.15) is 0 Å². The van der Waals surface area contributed by atoms with Crippen molar-refractivity contribution in [1.29, 1.82) is 0 Å². The fraction of sp³-hybridized carbons (Fsp3) is 0.875. The van der Waals surface area contributed by atoms with E-state index in [4.69, 9.17) is 5.73 Å². The summed E-state index contributed by atoms with van der Waals surface area (Å²) in [6.45, 7) is 5.43. The number of nitrogens with zero attached hydrogens (tertiary/aromatic N) is 2. The summed E-state index contributed by atoms with van der Waals surface area (Å²) in [4.78, 5) is 18.3. The molecular weight excluding hydrogens is 391 g/mol. The van der Waals surface area contributed by atoms with Crippen LogP contribution in [0.2, 0.25) is 0 Å². The smallest absolute Gasteiger partial charge is 0.220 e. The minimum absolute atomic E-state index is 0. The number of likely N-dealkylation sites (tertiary alicyclic amines) is 1. The van der Waals surface area contributed by atoms with Gasteiger partial charge in [0.25, 0.3) is 0 Å².